The molecule has 39 heavy (non-hydrogen) atoms. The molecule has 2 N–H and O–H groups in total. The number of amides is 1. The van der Waals surface area contributed by atoms with E-state index in [1.54, 1.807) is 19.2 Å². The SMILES string of the molecule is CN(C(=O)CO)C1CN(c2nc(N3CCCCC3)c3cc(Cl)c(-c4cc(O)cc5ccccc45)c(F)c3n2)C1. The fraction of sp³-hybridized carbons (Fsp3) is 0.345. The van der Waals surface area contributed by atoms with Crippen molar-refractivity contribution in [2.24, 2.45) is 0 Å². The Morgan fingerprint density at radius 2 is 1.82 bits per heavy atom. The first kappa shape index (κ1) is 25.6. The summed E-state index contributed by atoms with van der Waals surface area (Å²) in [7, 11) is 1.66. The molecule has 2 saturated heterocycles. The van der Waals surface area contributed by atoms with Crippen molar-refractivity contribution < 1.29 is 19.4 Å². The number of fused-ring (bicyclic) bond motifs is 2. The molecule has 0 saturated carbocycles. The molecule has 10 heteroatoms. The van der Waals surface area contributed by atoms with Crippen LogP contribution in [0.4, 0.5) is 16.2 Å². The van der Waals surface area contributed by atoms with Gasteiger partial charge in [-0.15, -0.1) is 0 Å². The molecule has 0 atom stereocenters. The summed E-state index contributed by atoms with van der Waals surface area (Å²) >= 11 is 6.78. The number of aliphatic hydroxyl groups excluding tert-OH is 1. The van der Waals surface area contributed by atoms with Gasteiger partial charge in [0.05, 0.1) is 11.1 Å². The third-order valence-electron chi connectivity index (χ3n) is 7.84. The molecule has 0 bridgehead atoms. The molecule has 1 aromatic heterocycles. The van der Waals surface area contributed by atoms with Crippen molar-refractivity contribution in [3.63, 3.8) is 0 Å². The predicted molar refractivity (Wildman–Crippen MR) is 151 cm³/mol. The minimum absolute atomic E-state index is 0.0183. The van der Waals surface area contributed by atoms with Crippen molar-refractivity contribution in [1.82, 2.24) is 14.9 Å². The summed E-state index contributed by atoms with van der Waals surface area (Å²) in [6, 6.07) is 12.3. The number of carbonyl (C=O) groups is 1. The molecule has 2 fully saturated rings. The van der Waals surface area contributed by atoms with Crippen LogP contribution in [0.25, 0.3) is 32.8 Å². The number of hydrogen-bond donors (Lipinski definition) is 2. The van der Waals surface area contributed by atoms with Gasteiger partial charge in [-0.2, -0.15) is 4.98 Å². The molecule has 4 aromatic rings. The quantitative estimate of drug-likeness (QED) is 0.376. The third kappa shape index (κ3) is 4.49. The number of hydrogen-bond acceptors (Lipinski definition) is 7. The molecule has 202 valence electrons. The number of anilines is 2. The summed E-state index contributed by atoms with van der Waals surface area (Å²) in [5.41, 5.74) is 0.832. The van der Waals surface area contributed by atoms with Gasteiger partial charge in [0.25, 0.3) is 0 Å². The fourth-order valence-corrected chi connectivity index (χ4v) is 5.88. The maximum Gasteiger partial charge on any atom is 0.248 e. The number of rotatable bonds is 5. The maximum atomic E-state index is 16.6. The first-order valence-electron chi connectivity index (χ1n) is 13.1. The van der Waals surface area contributed by atoms with Crippen molar-refractivity contribution >= 4 is 50.9 Å². The Bertz CT molecular complexity index is 1590. The van der Waals surface area contributed by atoms with Crippen LogP contribution in [0.2, 0.25) is 5.02 Å². The van der Waals surface area contributed by atoms with Crippen molar-refractivity contribution in [3.8, 4) is 16.9 Å². The molecular weight excluding hydrogens is 521 g/mol. The van der Waals surface area contributed by atoms with Crippen LogP contribution in [0.5, 0.6) is 5.75 Å². The average molecular weight is 550 g/mol. The van der Waals surface area contributed by atoms with Crippen molar-refractivity contribution in [2.75, 3.05) is 49.6 Å². The number of phenols is 1. The number of piperidine rings is 1. The second-order valence-corrected chi connectivity index (χ2v) is 10.7. The van der Waals surface area contributed by atoms with Crippen LogP contribution in [0, 0.1) is 5.82 Å². The number of phenolic OH excluding ortho intramolecular Hbond substituents is 1. The van der Waals surface area contributed by atoms with Gasteiger partial charge >= 0.3 is 0 Å². The van der Waals surface area contributed by atoms with Crippen molar-refractivity contribution in [1.29, 1.82) is 0 Å². The molecular formula is C29H29ClFN5O3. The lowest BCUT2D eigenvalue weighted by Crippen LogP contribution is -2.60. The van der Waals surface area contributed by atoms with E-state index in [0.29, 0.717) is 35.8 Å². The lowest BCUT2D eigenvalue weighted by Gasteiger charge is -2.44. The highest BCUT2D eigenvalue weighted by atomic mass is 35.5. The lowest BCUT2D eigenvalue weighted by molar-refractivity contribution is -0.135. The number of aromatic hydroxyl groups is 1. The number of likely N-dealkylation sites (N-methyl/N-ethyl adjacent to an activating group) is 1. The minimum atomic E-state index is -0.570. The van der Waals surface area contributed by atoms with Gasteiger partial charge in [-0.05, 0) is 53.8 Å². The van der Waals surface area contributed by atoms with E-state index in [1.807, 2.05) is 29.2 Å². The van der Waals surface area contributed by atoms with Crippen LogP contribution in [-0.2, 0) is 4.79 Å². The second kappa shape index (κ2) is 10.1. The van der Waals surface area contributed by atoms with E-state index in [4.69, 9.17) is 16.6 Å². The molecule has 0 aliphatic carbocycles. The molecule has 0 radical (unpaired) electrons. The van der Waals surface area contributed by atoms with Gasteiger partial charge in [0, 0.05) is 44.2 Å². The van der Waals surface area contributed by atoms with E-state index in [0.717, 1.165) is 43.1 Å². The normalized spacial score (nSPS) is 16.1. The molecule has 0 unspecified atom stereocenters. The maximum absolute atomic E-state index is 16.6. The average Bonchev–Trinajstić information content (AvgIpc) is 2.92. The van der Waals surface area contributed by atoms with Crippen LogP contribution >= 0.6 is 11.6 Å². The Morgan fingerprint density at radius 1 is 1.08 bits per heavy atom. The third-order valence-corrected chi connectivity index (χ3v) is 8.14. The number of aromatic nitrogens is 2. The van der Waals surface area contributed by atoms with Crippen LogP contribution in [0.1, 0.15) is 19.3 Å². The van der Waals surface area contributed by atoms with Crippen molar-refractivity contribution in [2.45, 2.75) is 25.3 Å². The first-order chi connectivity index (χ1) is 18.9. The topological polar surface area (TPSA) is 93.0 Å². The molecule has 2 aliphatic heterocycles. The molecule has 0 spiro atoms. The number of aliphatic hydroxyl groups is 1. The zero-order valence-electron chi connectivity index (χ0n) is 21.6. The molecule has 3 aromatic carbocycles. The Kier molecular flexibility index (Phi) is 6.64. The number of nitrogens with zero attached hydrogens (tertiary/aromatic N) is 5. The Balaban J connectivity index is 1.50. The zero-order chi connectivity index (χ0) is 27.3. The monoisotopic (exact) mass is 549 g/mol. The van der Waals surface area contributed by atoms with Gasteiger partial charge < -0.3 is 24.9 Å². The van der Waals surface area contributed by atoms with E-state index in [-0.39, 0.29) is 33.8 Å². The van der Waals surface area contributed by atoms with Gasteiger partial charge in [0.1, 0.15) is 23.7 Å². The van der Waals surface area contributed by atoms with E-state index >= 15 is 4.39 Å². The summed E-state index contributed by atoms with van der Waals surface area (Å²) < 4.78 is 16.6. The largest absolute Gasteiger partial charge is 0.508 e. The molecule has 2 aliphatic rings. The van der Waals surface area contributed by atoms with Crippen LogP contribution in [0.3, 0.4) is 0 Å². The highest BCUT2D eigenvalue weighted by Crippen LogP contribution is 2.43. The Hall–Kier alpha value is -3.69. The fourth-order valence-electron chi connectivity index (χ4n) is 5.58. The molecule has 6 rings (SSSR count). The minimum Gasteiger partial charge on any atom is -0.508 e. The van der Waals surface area contributed by atoms with E-state index in [9.17, 15) is 15.0 Å². The number of benzene rings is 3. The zero-order valence-corrected chi connectivity index (χ0v) is 22.3. The Labute approximate surface area is 230 Å². The summed E-state index contributed by atoms with van der Waals surface area (Å²) in [6.45, 7) is 2.02. The van der Waals surface area contributed by atoms with Crippen LogP contribution in [0.15, 0.2) is 42.5 Å². The van der Waals surface area contributed by atoms with E-state index in [1.165, 1.54) is 11.0 Å². The summed E-state index contributed by atoms with van der Waals surface area (Å²) in [6.07, 6.45) is 3.17. The standard InChI is InChI=1S/C29H29ClFN5O3/c1-34(24(39)16-37)18-14-36(15-18)29-32-27-22(28(33-29)35-9-5-2-6-10-35)13-23(30)25(26(27)31)21-12-19(38)11-17-7-3-4-8-20(17)21/h3-4,7-8,11-13,18,37-38H,2,5-6,9-10,14-16H2,1H3. The van der Waals surface area contributed by atoms with Crippen LogP contribution < -0.4 is 9.80 Å². The summed E-state index contributed by atoms with van der Waals surface area (Å²) in [5, 5.41) is 21.9. The molecule has 1 amide bonds. The highest BCUT2D eigenvalue weighted by Gasteiger charge is 2.35. The van der Waals surface area contributed by atoms with Crippen molar-refractivity contribution in [3.05, 3.63) is 53.3 Å². The summed E-state index contributed by atoms with van der Waals surface area (Å²) in [5.74, 6) is 0.129. The van der Waals surface area contributed by atoms with E-state index in [2.05, 4.69) is 9.88 Å². The smallest absolute Gasteiger partial charge is 0.248 e. The number of halogens is 2. The van der Waals surface area contributed by atoms with Gasteiger partial charge in [-0.25, -0.2) is 9.37 Å². The van der Waals surface area contributed by atoms with Crippen LogP contribution in [-0.4, -0.2) is 76.9 Å². The highest BCUT2D eigenvalue weighted by molar-refractivity contribution is 6.35. The number of carbonyl (C=O) groups excluding carboxylic acids is 1. The summed E-state index contributed by atoms with van der Waals surface area (Å²) in [4.78, 5) is 27.1. The first-order valence-corrected chi connectivity index (χ1v) is 13.5. The van der Waals surface area contributed by atoms with Gasteiger partial charge in [-0.3, -0.25) is 4.79 Å². The second-order valence-electron chi connectivity index (χ2n) is 10.3. The molecule has 3 heterocycles. The van der Waals surface area contributed by atoms with Gasteiger partial charge in [0.2, 0.25) is 11.9 Å². The molecule has 8 nitrogen and oxygen atoms in total. The van der Waals surface area contributed by atoms with Gasteiger partial charge in [0.15, 0.2) is 5.82 Å². The predicted octanol–water partition coefficient (Wildman–Crippen LogP) is 4.58. The Morgan fingerprint density at radius 3 is 2.56 bits per heavy atom. The van der Waals surface area contributed by atoms with Gasteiger partial charge in [-0.1, -0.05) is 35.9 Å². The van der Waals surface area contributed by atoms with E-state index < -0.39 is 12.4 Å². The lowest BCUT2D eigenvalue weighted by atomic mass is 9.96.